The van der Waals surface area contributed by atoms with E-state index in [9.17, 15) is 4.79 Å². The lowest BCUT2D eigenvalue weighted by Gasteiger charge is -2.11. The molecule has 3 nitrogen and oxygen atoms in total. The summed E-state index contributed by atoms with van der Waals surface area (Å²) in [6.07, 6.45) is 0.767. The van der Waals surface area contributed by atoms with Gasteiger partial charge in [-0.25, -0.2) is 0 Å². The SMILES string of the molecule is Cc1ccc(CC(C)NC(=O)CC#N)s1. The van der Waals surface area contributed by atoms with Crippen LogP contribution in [0.3, 0.4) is 0 Å². The Hall–Kier alpha value is -1.34. The molecule has 0 aromatic carbocycles. The molecule has 1 unspecified atom stereocenters. The van der Waals surface area contributed by atoms with Crippen LogP contribution in [0, 0.1) is 18.3 Å². The third-order valence-electron chi connectivity index (χ3n) is 1.95. The van der Waals surface area contributed by atoms with Crippen molar-refractivity contribution in [2.45, 2.75) is 32.7 Å². The molecule has 0 aliphatic carbocycles. The summed E-state index contributed by atoms with van der Waals surface area (Å²) in [5, 5.41) is 11.1. The minimum atomic E-state index is -0.196. The zero-order valence-electron chi connectivity index (χ0n) is 8.91. The monoisotopic (exact) mass is 222 g/mol. The Bertz CT molecular complexity index is 378. The van der Waals surface area contributed by atoms with Crippen LogP contribution >= 0.6 is 11.3 Å². The van der Waals surface area contributed by atoms with Crippen LogP contribution < -0.4 is 5.32 Å². The number of carbonyl (C=O) groups is 1. The second-order valence-corrected chi connectivity index (χ2v) is 4.89. The van der Waals surface area contributed by atoms with Gasteiger partial charge in [-0.2, -0.15) is 5.26 Å². The number of rotatable bonds is 4. The number of thiophene rings is 1. The third kappa shape index (κ3) is 4.13. The van der Waals surface area contributed by atoms with E-state index in [0.29, 0.717) is 0 Å². The molecule has 1 rings (SSSR count). The molecule has 1 atom stereocenters. The van der Waals surface area contributed by atoms with Crippen molar-refractivity contribution in [2.24, 2.45) is 0 Å². The number of nitrogens with zero attached hydrogens (tertiary/aromatic N) is 1. The molecular weight excluding hydrogens is 208 g/mol. The van der Waals surface area contributed by atoms with E-state index >= 15 is 0 Å². The molecule has 1 aromatic heterocycles. The molecule has 1 N–H and O–H groups in total. The molecule has 0 saturated carbocycles. The second-order valence-electron chi connectivity index (χ2n) is 3.52. The van der Waals surface area contributed by atoms with Gasteiger partial charge in [-0.3, -0.25) is 4.79 Å². The van der Waals surface area contributed by atoms with Crippen LogP contribution in [0.25, 0.3) is 0 Å². The zero-order chi connectivity index (χ0) is 11.3. The first-order valence-corrected chi connectivity index (χ1v) is 5.65. The molecule has 15 heavy (non-hydrogen) atoms. The Kier molecular flexibility index (Phi) is 4.32. The summed E-state index contributed by atoms with van der Waals surface area (Å²) < 4.78 is 0. The maximum atomic E-state index is 11.1. The standard InChI is InChI=1S/C11H14N2OS/c1-8(13-11(14)5-6-12)7-10-4-3-9(2)15-10/h3-4,8H,5,7H2,1-2H3,(H,13,14). The van der Waals surface area contributed by atoms with Crippen molar-refractivity contribution >= 4 is 17.2 Å². The van der Waals surface area contributed by atoms with E-state index in [1.54, 1.807) is 11.3 Å². The highest BCUT2D eigenvalue weighted by molar-refractivity contribution is 7.11. The quantitative estimate of drug-likeness (QED) is 0.847. The van der Waals surface area contributed by atoms with Gasteiger partial charge >= 0.3 is 0 Å². The van der Waals surface area contributed by atoms with Gasteiger partial charge in [0.2, 0.25) is 5.91 Å². The highest BCUT2D eigenvalue weighted by atomic mass is 32.1. The van der Waals surface area contributed by atoms with Crippen LogP contribution in [-0.2, 0) is 11.2 Å². The number of hydrogen-bond acceptors (Lipinski definition) is 3. The summed E-state index contributed by atoms with van der Waals surface area (Å²) in [7, 11) is 0. The minimum Gasteiger partial charge on any atom is -0.352 e. The Morgan fingerprint density at radius 2 is 2.40 bits per heavy atom. The van der Waals surface area contributed by atoms with Crippen LogP contribution in [0.4, 0.5) is 0 Å². The van der Waals surface area contributed by atoms with Crippen molar-refractivity contribution in [2.75, 3.05) is 0 Å². The smallest absolute Gasteiger partial charge is 0.234 e. The highest BCUT2D eigenvalue weighted by Gasteiger charge is 2.08. The average Bonchev–Trinajstić information content (AvgIpc) is 2.51. The molecule has 1 amide bonds. The fourth-order valence-corrected chi connectivity index (χ4v) is 2.36. The predicted molar refractivity (Wildman–Crippen MR) is 60.6 cm³/mol. The fourth-order valence-electron chi connectivity index (χ4n) is 1.35. The van der Waals surface area contributed by atoms with Gasteiger partial charge < -0.3 is 5.32 Å². The van der Waals surface area contributed by atoms with E-state index in [0.717, 1.165) is 6.42 Å². The third-order valence-corrected chi connectivity index (χ3v) is 2.97. The summed E-state index contributed by atoms with van der Waals surface area (Å²) in [5.74, 6) is -0.196. The molecule has 4 heteroatoms. The molecule has 0 saturated heterocycles. The van der Waals surface area contributed by atoms with Gasteiger partial charge in [0.25, 0.3) is 0 Å². The molecule has 0 radical (unpaired) electrons. The molecular formula is C11H14N2OS. The summed E-state index contributed by atoms with van der Waals surface area (Å²) in [6.45, 7) is 4.01. The van der Waals surface area contributed by atoms with Crippen LogP contribution in [0.2, 0.25) is 0 Å². The minimum absolute atomic E-state index is 0.0617. The molecule has 80 valence electrons. The van der Waals surface area contributed by atoms with E-state index in [-0.39, 0.29) is 18.4 Å². The fraction of sp³-hybridized carbons (Fsp3) is 0.455. The molecule has 0 bridgehead atoms. The van der Waals surface area contributed by atoms with E-state index in [4.69, 9.17) is 5.26 Å². The van der Waals surface area contributed by atoms with Gasteiger partial charge in [-0.05, 0) is 26.0 Å². The first kappa shape index (κ1) is 11.7. The van der Waals surface area contributed by atoms with Crippen LogP contribution in [0.5, 0.6) is 0 Å². The van der Waals surface area contributed by atoms with Crippen molar-refractivity contribution in [1.29, 1.82) is 5.26 Å². The Morgan fingerprint density at radius 1 is 1.67 bits per heavy atom. The van der Waals surface area contributed by atoms with E-state index in [2.05, 4.69) is 24.4 Å². The van der Waals surface area contributed by atoms with Crippen LogP contribution in [-0.4, -0.2) is 11.9 Å². The first-order valence-electron chi connectivity index (χ1n) is 4.83. The van der Waals surface area contributed by atoms with Gasteiger partial charge in [0, 0.05) is 22.2 Å². The van der Waals surface area contributed by atoms with Crippen molar-refractivity contribution in [1.82, 2.24) is 5.32 Å². The number of aryl methyl sites for hydroxylation is 1. The number of carbonyl (C=O) groups excluding carboxylic acids is 1. The summed E-state index contributed by atoms with van der Waals surface area (Å²) >= 11 is 1.74. The van der Waals surface area contributed by atoms with Gasteiger partial charge in [0.1, 0.15) is 6.42 Å². The first-order chi connectivity index (χ1) is 7.11. The predicted octanol–water partition coefficient (Wildman–Crippen LogP) is 2.02. The van der Waals surface area contributed by atoms with E-state index < -0.39 is 0 Å². The largest absolute Gasteiger partial charge is 0.352 e. The molecule has 0 spiro atoms. The number of hydrogen-bond donors (Lipinski definition) is 1. The molecule has 0 aliphatic heterocycles. The summed E-state index contributed by atoms with van der Waals surface area (Å²) in [6, 6.07) is 6.07. The normalized spacial score (nSPS) is 11.8. The van der Waals surface area contributed by atoms with Crippen molar-refractivity contribution in [3.05, 3.63) is 21.9 Å². The van der Waals surface area contributed by atoms with Gasteiger partial charge in [0.15, 0.2) is 0 Å². The lowest BCUT2D eigenvalue weighted by Crippen LogP contribution is -2.33. The summed E-state index contributed by atoms with van der Waals surface area (Å²) in [4.78, 5) is 13.7. The topological polar surface area (TPSA) is 52.9 Å². The number of amides is 1. The van der Waals surface area contributed by atoms with E-state index in [1.165, 1.54) is 9.75 Å². The number of nitrogens with one attached hydrogen (secondary N) is 1. The average molecular weight is 222 g/mol. The van der Waals surface area contributed by atoms with Gasteiger partial charge in [-0.15, -0.1) is 11.3 Å². The van der Waals surface area contributed by atoms with Gasteiger partial charge in [0.05, 0.1) is 6.07 Å². The molecule has 1 aromatic rings. The highest BCUT2D eigenvalue weighted by Crippen LogP contribution is 2.16. The Balaban J connectivity index is 2.40. The lowest BCUT2D eigenvalue weighted by molar-refractivity contribution is -0.120. The second kappa shape index (κ2) is 5.52. The van der Waals surface area contributed by atoms with Gasteiger partial charge in [-0.1, -0.05) is 0 Å². The van der Waals surface area contributed by atoms with Crippen molar-refractivity contribution < 1.29 is 4.79 Å². The van der Waals surface area contributed by atoms with E-state index in [1.807, 2.05) is 13.0 Å². The molecule has 0 aliphatic rings. The van der Waals surface area contributed by atoms with Crippen molar-refractivity contribution in [3.8, 4) is 6.07 Å². The summed E-state index contributed by atoms with van der Waals surface area (Å²) in [5.41, 5.74) is 0. The Morgan fingerprint density at radius 3 is 2.93 bits per heavy atom. The van der Waals surface area contributed by atoms with Crippen molar-refractivity contribution in [3.63, 3.8) is 0 Å². The molecule has 1 heterocycles. The van der Waals surface area contributed by atoms with Crippen LogP contribution in [0.1, 0.15) is 23.1 Å². The Labute approximate surface area is 93.7 Å². The maximum absolute atomic E-state index is 11.1. The zero-order valence-corrected chi connectivity index (χ0v) is 9.73. The maximum Gasteiger partial charge on any atom is 0.234 e. The number of nitriles is 1. The lowest BCUT2D eigenvalue weighted by atomic mass is 10.2. The molecule has 0 fully saturated rings. The van der Waals surface area contributed by atoms with Crippen LogP contribution in [0.15, 0.2) is 12.1 Å².